The molecule has 1 atom stereocenters. The number of halogens is 1. The molecule has 26 heavy (non-hydrogen) atoms. The van der Waals surface area contributed by atoms with Crippen molar-refractivity contribution in [3.05, 3.63) is 59.4 Å². The minimum atomic E-state index is -0.483. The molecule has 1 saturated heterocycles. The van der Waals surface area contributed by atoms with E-state index in [1.807, 2.05) is 24.3 Å². The lowest BCUT2D eigenvalue weighted by atomic mass is 10.1. The zero-order chi connectivity index (χ0) is 18.4. The van der Waals surface area contributed by atoms with Crippen LogP contribution in [-0.2, 0) is 11.3 Å². The van der Waals surface area contributed by atoms with Crippen molar-refractivity contribution in [2.45, 2.75) is 25.5 Å². The first-order valence-corrected chi connectivity index (χ1v) is 8.61. The Morgan fingerprint density at radius 1 is 1.27 bits per heavy atom. The van der Waals surface area contributed by atoms with Crippen molar-refractivity contribution in [2.24, 2.45) is 0 Å². The predicted octanol–water partition coefficient (Wildman–Crippen LogP) is 3.32. The summed E-state index contributed by atoms with van der Waals surface area (Å²) in [5, 5.41) is 2.77. The third-order valence-electron chi connectivity index (χ3n) is 4.24. The van der Waals surface area contributed by atoms with Crippen molar-refractivity contribution in [2.75, 3.05) is 20.3 Å². The van der Waals surface area contributed by atoms with Gasteiger partial charge in [0, 0.05) is 13.2 Å². The third-order valence-corrected chi connectivity index (χ3v) is 4.24. The highest BCUT2D eigenvalue weighted by molar-refractivity contribution is 5.96. The van der Waals surface area contributed by atoms with E-state index in [0.29, 0.717) is 18.9 Å². The van der Waals surface area contributed by atoms with Gasteiger partial charge in [-0.1, -0.05) is 12.1 Å². The molecular formula is C20H22FNO4. The fourth-order valence-corrected chi connectivity index (χ4v) is 2.80. The van der Waals surface area contributed by atoms with E-state index in [-0.39, 0.29) is 17.6 Å². The Kier molecular flexibility index (Phi) is 6.07. The molecule has 6 heteroatoms. The largest absolute Gasteiger partial charge is 0.496 e. The fraction of sp³-hybridized carbons (Fsp3) is 0.350. The lowest BCUT2D eigenvalue weighted by Gasteiger charge is -2.12. The maximum absolute atomic E-state index is 13.4. The summed E-state index contributed by atoms with van der Waals surface area (Å²) < 4.78 is 29.7. The number of benzene rings is 2. The van der Waals surface area contributed by atoms with Crippen LogP contribution in [0.2, 0.25) is 0 Å². The number of nitrogens with one attached hydrogen (secondary N) is 1. The number of ether oxygens (including phenoxy) is 3. The zero-order valence-corrected chi connectivity index (χ0v) is 14.7. The second kappa shape index (κ2) is 8.67. The molecule has 1 fully saturated rings. The van der Waals surface area contributed by atoms with Crippen LogP contribution in [0.3, 0.4) is 0 Å². The van der Waals surface area contributed by atoms with E-state index in [9.17, 15) is 9.18 Å². The maximum atomic E-state index is 13.4. The van der Waals surface area contributed by atoms with Crippen LogP contribution in [0.25, 0.3) is 0 Å². The summed E-state index contributed by atoms with van der Waals surface area (Å²) in [5.41, 5.74) is 1.09. The van der Waals surface area contributed by atoms with Gasteiger partial charge in [-0.15, -0.1) is 0 Å². The van der Waals surface area contributed by atoms with Crippen molar-refractivity contribution in [3.8, 4) is 11.5 Å². The smallest absolute Gasteiger partial charge is 0.255 e. The van der Waals surface area contributed by atoms with Gasteiger partial charge in [0.05, 0.1) is 18.8 Å². The van der Waals surface area contributed by atoms with Gasteiger partial charge in [-0.2, -0.15) is 0 Å². The molecule has 0 aliphatic carbocycles. The van der Waals surface area contributed by atoms with Gasteiger partial charge in [-0.25, -0.2) is 4.39 Å². The number of hydrogen-bond donors (Lipinski definition) is 1. The molecule has 0 spiro atoms. The van der Waals surface area contributed by atoms with Crippen LogP contribution < -0.4 is 14.8 Å². The van der Waals surface area contributed by atoms with Crippen LogP contribution in [0, 0.1) is 5.82 Å². The Labute approximate surface area is 152 Å². The SMILES string of the molecule is COc1ccc(F)cc1C(=O)NCc1ccc(OC[C@H]2CCCO2)cc1. The van der Waals surface area contributed by atoms with Gasteiger partial charge < -0.3 is 19.5 Å². The molecule has 1 aliphatic heterocycles. The molecule has 3 rings (SSSR count). The summed E-state index contributed by atoms with van der Waals surface area (Å²) in [7, 11) is 1.44. The molecule has 0 unspecified atom stereocenters. The van der Waals surface area contributed by atoms with E-state index in [4.69, 9.17) is 14.2 Å². The summed E-state index contributed by atoms with van der Waals surface area (Å²) in [6.07, 6.45) is 2.30. The van der Waals surface area contributed by atoms with E-state index in [0.717, 1.165) is 36.8 Å². The van der Waals surface area contributed by atoms with Gasteiger partial charge in [-0.3, -0.25) is 4.79 Å². The molecule has 1 N–H and O–H groups in total. The first-order valence-electron chi connectivity index (χ1n) is 8.61. The highest BCUT2D eigenvalue weighted by Crippen LogP contribution is 2.20. The summed E-state index contributed by atoms with van der Waals surface area (Å²) in [6.45, 7) is 1.68. The lowest BCUT2D eigenvalue weighted by molar-refractivity contribution is 0.0679. The normalized spacial score (nSPS) is 16.3. The standard InChI is InChI=1S/C20H22FNO4/c1-24-19-9-6-15(21)11-18(19)20(23)22-12-14-4-7-16(8-5-14)26-13-17-3-2-10-25-17/h4-9,11,17H,2-3,10,12-13H2,1H3,(H,22,23)/t17-/m1/s1. The van der Waals surface area contributed by atoms with E-state index in [1.54, 1.807) is 0 Å². The average Bonchev–Trinajstić information content (AvgIpc) is 3.19. The highest BCUT2D eigenvalue weighted by Gasteiger charge is 2.16. The molecule has 2 aromatic rings. The van der Waals surface area contributed by atoms with Crippen LogP contribution in [-0.4, -0.2) is 32.3 Å². The Balaban J connectivity index is 1.52. The summed E-state index contributed by atoms with van der Waals surface area (Å²) >= 11 is 0. The molecule has 1 aliphatic rings. The number of carbonyl (C=O) groups is 1. The van der Waals surface area contributed by atoms with Gasteiger partial charge in [-0.05, 0) is 48.7 Å². The van der Waals surface area contributed by atoms with E-state index < -0.39 is 5.82 Å². The van der Waals surface area contributed by atoms with Crippen molar-refractivity contribution >= 4 is 5.91 Å². The molecular weight excluding hydrogens is 337 g/mol. The number of rotatable bonds is 7. The van der Waals surface area contributed by atoms with Gasteiger partial charge in [0.2, 0.25) is 0 Å². The second-order valence-corrected chi connectivity index (χ2v) is 6.12. The molecule has 0 aromatic heterocycles. The van der Waals surface area contributed by atoms with Gasteiger partial charge >= 0.3 is 0 Å². The van der Waals surface area contributed by atoms with Crippen LogP contribution in [0.15, 0.2) is 42.5 Å². The predicted molar refractivity (Wildman–Crippen MR) is 95.0 cm³/mol. The van der Waals surface area contributed by atoms with Crippen molar-refractivity contribution in [1.82, 2.24) is 5.32 Å². The van der Waals surface area contributed by atoms with Crippen LogP contribution in [0.4, 0.5) is 4.39 Å². The molecule has 0 bridgehead atoms. The molecule has 1 amide bonds. The monoisotopic (exact) mass is 359 g/mol. The van der Waals surface area contributed by atoms with Crippen molar-refractivity contribution in [1.29, 1.82) is 0 Å². The first-order chi connectivity index (χ1) is 12.7. The quantitative estimate of drug-likeness (QED) is 0.824. The topological polar surface area (TPSA) is 56.8 Å². The molecule has 1 heterocycles. The highest BCUT2D eigenvalue weighted by atomic mass is 19.1. The van der Waals surface area contributed by atoms with E-state index in [1.165, 1.54) is 19.2 Å². The zero-order valence-electron chi connectivity index (χ0n) is 14.7. The van der Waals surface area contributed by atoms with Gasteiger partial charge in [0.15, 0.2) is 0 Å². The molecule has 5 nitrogen and oxygen atoms in total. The molecule has 2 aromatic carbocycles. The maximum Gasteiger partial charge on any atom is 0.255 e. The number of carbonyl (C=O) groups excluding carboxylic acids is 1. The number of amides is 1. The Morgan fingerprint density at radius 2 is 2.08 bits per heavy atom. The van der Waals surface area contributed by atoms with Crippen LogP contribution in [0.1, 0.15) is 28.8 Å². The molecule has 138 valence electrons. The van der Waals surface area contributed by atoms with Gasteiger partial charge in [0.25, 0.3) is 5.91 Å². The number of hydrogen-bond acceptors (Lipinski definition) is 4. The minimum absolute atomic E-state index is 0.170. The Bertz CT molecular complexity index is 742. The average molecular weight is 359 g/mol. The fourth-order valence-electron chi connectivity index (χ4n) is 2.80. The summed E-state index contributed by atoms with van der Waals surface area (Å²) in [6, 6.07) is 11.3. The minimum Gasteiger partial charge on any atom is -0.496 e. The Morgan fingerprint density at radius 3 is 2.77 bits per heavy atom. The molecule has 0 saturated carbocycles. The number of methoxy groups -OCH3 is 1. The third kappa shape index (κ3) is 4.73. The van der Waals surface area contributed by atoms with Crippen LogP contribution in [0.5, 0.6) is 11.5 Å². The Hall–Kier alpha value is -2.60. The van der Waals surface area contributed by atoms with Crippen molar-refractivity contribution in [3.63, 3.8) is 0 Å². The van der Waals surface area contributed by atoms with E-state index >= 15 is 0 Å². The lowest BCUT2D eigenvalue weighted by Crippen LogP contribution is -2.23. The summed E-state index contributed by atoms with van der Waals surface area (Å²) in [5.74, 6) is 0.230. The van der Waals surface area contributed by atoms with Gasteiger partial charge in [0.1, 0.15) is 23.9 Å². The first kappa shape index (κ1) is 18.2. The van der Waals surface area contributed by atoms with Crippen molar-refractivity contribution < 1.29 is 23.4 Å². The van der Waals surface area contributed by atoms with E-state index in [2.05, 4.69) is 5.32 Å². The van der Waals surface area contributed by atoms with Crippen LogP contribution >= 0.6 is 0 Å². The summed E-state index contributed by atoms with van der Waals surface area (Å²) in [4.78, 5) is 12.3. The molecule has 0 radical (unpaired) electrons. The second-order valence-electron chi connectivity index (χ2n) is 6.12.